The van der Waals surface area contributed by atoms with E-state index in [2.05, 4.69) is 16.0 Å². The lowest BCUT2D eigenvalue weighted by molar-refractivity contribution is -0.384. The van der Waals surface area contributed by atoms with Crippen LogP contribution in [0.3, 0.4) is 0 Å². The molecule has 0 aromatic heterocycles. The molecule has 1 aliphatic rings. The molecule has 3 amide bonds. The number of rotatable bonds is 7. The summed E-state index contributed by atoms with van der Waals surface area (Å²) in [5, 5.41) is 28.5. The van der Waals surface area contributed by atoms with Crippen molar-refractivity contribution in [1.82, 2.24) is 16.0 Å². The number of non-ortho nitro benzene ring substituents is 1. The van der Waals surface area contributed by atoms with E-state index >= 15 is 0 Å². The van der Waals surface area contributed by atoms with E-state index in [1.54, 1.807) is 0 Å². The monoisotopic (exact) mass is 364 g/mol. The van der Waals surface area contributed by atoms with Gasteiger partial charge in [0.15, 0.2) is 0 Å². The van der Waals surface area contributed by atoms with Crippen molar-refractivity contribution in [3.8, 4) is 5.75 Å². The molecule has 0 aliphatic heterocycles. The number of benzene rings is 1. The maximum absolute atomic E-state index is 11.8. The zero-order valence-electron chi connectivity index (χ0n) is 14.5. The van der Waals surface area contributed by atoms with E-state index in [0.717, 1.165) is 25.7 Å². The molecule has 0 heterocycles. The quantitative estimate of drug-likeness (QED) is 0.433. The number of carbonyl (C=O) groups excluding carboxylic acids is 2. The first-order chi connectivity index (χ1) is 12.5. The number of nitrogens with one attached hydrogen (secondary N) is 3. The second-order valence-corrected chi connectivity index (χ2v) is 6.33. The van der Waals surface area contributed by atoms with E-state index in [4.69, 9.17) is 0 Å². The summed E-state index contributed by atoms with van der Waals surface area (Å²) in [7, 11) is 0. The van der Waals surface area contributed by atoms with E-state index < -0.39 is 4.92 Å². The molecule has 1 aromatic carbocycles. The second-order valence-electron chi connectivity index (χ2n) is 6.33. The van der Waals surface area contributed by atoms with Crippen molar-refractivity contribution in [2.45, 2.75) is 51.1 Å². The number of urea groups is 1. The molecule has 9 nitrogen and oxygen atoms in total. The fourth-order valence-electron chi connectivity index (χ4n) is 2.88. The van der Waals surface area contributed by atoms with Gasteiger partial charge in [0.25, 0.3) is 5.69 Å². The number of nitro benzene ring substituents is 1. The van der Waals surface area contributed by atoms with Crippen molar-refractivity contribution >= 4 is 17.6 Å². The molecular formula is C17H24N4O5. The molecule has 1 aromatic rings. The van der Waals surface area contributed by atoms with E-state index in [1.807, 2.05) is 0 Å². The van der Waals surface area contributed by atoms with Crippen molar-refractivity contribution in [3.63, 3.8) is 0 Å². The molecule has 2 rings (SSSR count). The molecule has 1 saturated carbocycles. The SMILES string of the molecule is O=C(CCNC(=O)NC1CCCCC1)NCc1cc([N+](=O)[O-])ccc1O. The zero-order valence-corrected chi connectivity index (χ0v) is 14.5. The summed E-state index contributed by atoms with van der Waals surface area (Å²) < 4.78 is 0. The Hall–Kier alpha value is -2.84. The number of amides is 3. The van der Waals surface area contributed by atoms with Gasteiger partial charge in [-0.25, -0.2) is 4.79 Å². The van der Waals surface area contributed by atoms with Gasteiger partial charge in [0.2, 0.25) is 5.91 Å². The molecule has 0 atom stereocenters. The number of hydrogen-bond acceptors (Lipinski definition) is 5. The number of phenolic OH excluding ortho intramolecular Hbond substituents is 1. The lowest BCUT2D eigenvalue weighted by Crippen LogP contribution is -2.43. The Labute approximate surface area is 151 Å². The third-order valence-electron chi connectivity index (χ3n) is 4.33. The molecule has 0 spiro atoms. The van der Waals surface area contributed by atoms with Gasteiger partial charge in [-0.1, -0.05) is 19.3 Å². The highest BCUT2D eigenvalue weighted by Crippen LogP contribution is 2.22. The van der Waals surface area contributed by atoms with Crippen LogP contribution < -0.4 is 16.0 Å². The van der Waals surface area contributed by atoms with E-state index in [-0.39, 0.29) is 54.5 Å². The average Bonchev–Trinajstić information content (AvgIpc) is 2.61. The molecule has 0 saturated heterocycles. The fraction of sp³-hybridized carbons (Fsp3) is 0.529. The first-order valence-corrected chi connectivity index (χ1v) is 8.73. The van der Waals surface area contributed by atoms with E-state index in [0.29, 0.717) is 0 Å². The van der Waals surface area contributed by atoms with Crippen LogP contribution in [0.25, 0.3) is 0 Å². The standard InChI is InChI=1S/C17H24N4O5/c22-15-7-6-14(21(25)26)10-12(15)11-19-16(23)8-9-18-17(24)20-13-4-2-1-3-5-13/h6-7,10,13,22H,1-5,8-9,11H2,(H,19,23)(H2,18,20,24). The highest BCUT2D eigenvalue weighted by atomic mass is 16.6. The minimum absolute atomic E-state index is 0.0272. The van der Waals surface area contributed by atoms with Crippen LogP contribution in [0.2, 0.25) is 0 Å². The Morgan fingerprint density at radius 2 is 1.92 bits per heavy atom. The van der Waals surface area contributed by atoms with Gasteiger partial charge < -0.3 is 21.1 Å². The summed E-state index contributed by atoms with van der Waals surface area (Å²) in [5.41, 5.74) is 0.101. The summed E-state index contributed by atoms with van der Waals surface area (Å²) in [6.07, 6.45) is 5.50. The van der Waals surface area contributed by atoms with Gasteiger partial charge in [-0.15, -0.1) is 0 Å². The maximum Gasteiger partial charge on any atom is 0.315 e. The molecule has 0 unspecified atom stereocenters. The number of carbonyl (C=O) groups is 2. The number of nitrogens with zero attached hydrogens (tertiary/aromatic N) is 1. The van der Waals surface area contributed by atoms with Crippen molar-refractivity contribution in [1.29, 1.82) is 0 Å². The van der Waals surface area contributed by atoms with Gasteiger partial charge in [0.05, 0.1) is 4.92 Å². The maximum atomic E-state index is 11.8. The Balaban J connectivity index is 1.68. The van der Waals surface area contributed by atoms with Crippen molar-refractivity contribution in [3.05, 3.63) is 33.9 Å². The van der Waals surface area contributed by atoms with Crippen LogP contribution in [-0.2, 0) is 11.3 Å². The molecular weight excluding hydrogens is 340 g/mol. The van der Waals surface area contributed by atoms with Crippen LogP contribution in [0.15, 0.2) is 18.2 Å². The minimum Gasteiger partial charge on any atom is -0.508 e. The van der Waals surface area contributed by atoms with Crippen molar-refractivity contribution in [2.75, 3.05) is 6.54 Å². The summed E-state index contributed by atoms with van der Waals surface area (Å²) >= 11 is 0. The molecule has 0 radical (unpaired) electrons. The van der Waals surface area contributed by atoms with Crippen LogP contribution in [0.4, 0.5) is 10.5 Å². The lowest BCUT2D eigenvalue weighted by Gasteiger charge is -2.22. The normalized spacial score (nSPS) is 14.5. The van der Waals surface area contributed by atoms with Gasteiger partial charge in [-0.05, 0) is 18.9 Å². The van der Waals surface area contributed by atoms with Crippen molar-refractivity contribution < 1.29 is 19.6 Å². The van der Waals surface area contributed by atoms with Crippen LogP contribution in [0.1, 0.15) is 44.1 Å². The highest BCUT2D eigenvalue weighted by Gasteiger charge is 2.15. The number of phenols is 1. The summed E-state index contributed by atoms with van der Waals surface area (Å²) in [6, 6.07) is 3.55. The van der Waals surface area contributed by atoms with Gasteiger partial charge in [-0.2, -0.15) is 0 Å². The zero-order chi connectivity index (χ0) is 18.9. The predicted molar refractivity (Wildman–Crippen MR) is 94.6 cm³/mol. The largest absolute Gasteiger partial charge is 0.508 e. The lowest BCUT2D eigenvalue weighted by atomic mass is 9.96. The third kappa shape index (κ3) is 6.23. The van der Waals surface area contributed by atoms with Gasteiger partial charge in [0.1, 0.15) is 5.75 Å². The van der Waals surface area contributed by atoms with Gasteiger partial charge in [-0.3, -0.25) is 14.9 Å². The van der Waals surface area contributed by atoms with Crippen LogP contribution in [0.5, 0.6) is 5.75 Å². The molecule has 4 N–H and O–H groups in total. The van der Waals surface area contributed by atoms with Crippen LogP contribution >= 0.6 is 0 Å². The number of aromatic hydroxyl groups is 1. The molecule has 0 bridgehead atoms. The van der Waals surface area contributed by atoms with Gasteiger partial charge in [0, 0.05) is 43.2 Å². The Morgan fingerprint density at radius 1 is 1.19 bits per heavy atom. The number of hydrogen-bond donors (Lipinski definition) is 4. The second kappa shape index (κ2) is 9.59. The predicted octanol–water partition coefficient (Wildman–Crippen LogP) is 1.94. The number of nitro groups is 1. The molecule has 142 valence electrons. The topological polar surface area (TPSA) is 134 Å². The Kier molecular flexibility index (Phi) is 7.19. The van der Waals surface area contributed by atoms with Crippen LogP contribution in [-0.4, -0.2) is 34.6 Å². The minimum atomic E-state index is -0.570. The molecule has 1 fully saturated rings. The summed E-state index contributed by atoms with van der Waals surface area (Å²) in [6.45, 7) is 0.159. The molecule has 9 heteroatoms. The van der Waals surface area contributed by atoms with E-state index in [1.165, 1.54) is 24.6 Å². The van der Waals surface area contributed by atoms with Crippen molar-refractivity contribution in [2.24, 2.45) is 0 Å². The van der Waals surface area contributed by atoms with Gasteiger partial charge >= 0.3 is 6.03 Å². The third-order valence-corrected chi connectivity index (χ3v) is 4.33. The Morgan fingerprint density at radius 3 is 2.62 bits per heavy atom. The molecule has 26 heavy (non-hydrogen) atoms. The molecule has 1 aliphatic carbocycles. The van der Waals surface area contributed by atoms with E-state index in [9.17, 15) is 24.8 Å². The summed E-state index contributed by atoms with van der Waals surface area (Å²) in [4.78, 5) is 33.8. The Bertz CT molecular complexity index is 659. The first kappa shape index (κ1) is 19.5. The fourth-order valence-corrected chi connectivity index (χ4v) is 2.88. The average molecular weight is 364 g/mol. The summed E-state index contributed by atoms with van der Waals surface area (Å²) in [5.74, 6) is -0.449. The first-order valence-electron chi connectivity index (χ1n) is 8.73. The van der Waals surface area contributed by atoms with Crippen LogP contribution in [0, 0.1) is 10.1 Å². The highest BCUT2D eigenvalue weighted by molar-refractivity contribution is 5.78. The smallest absolute Gasteiger partial charge is 0.315 e.